The average Bonchev–Trinajstić information content (AvgIpc) is 3.37. The number of anilines is 1. The topological polar surface area (TPSA) is 172 Å². The Labute approximate surface area is 260 Å². The van der Waals surface area contributed by atoms with E-state index in [0.29, 0.717) is 22.6 Å². The smallest absolute Gasteiger partial charge is 0.338 e. The number of thiazole rings is 1. The van der Waals surface area contributed by atoms with Crippen LogP contribution in [0.1, 0.15) is 17.0 Å². The van der Waals surface area contributed by atoms with Crippen LogP contribution in [-0.4, -0.2) is 55.1 Å². The quantitative estimate of drug-likeness (QED) is 0.211. The van der Waals surface area contributed by atoms with E-state index >= 15 is 0 Å². The van der Waals surface area contributed by atoms with Gasteiger partial charge in [-0.05, 0) is 65.7 Å². The normalized spacial score (nSPS) is 14.5. The van der Waals surface area contributed by atoms with Gasteiger partial charge in [0, 0.05) is 5.69 Å². The van der Waals surface area contributed by atoms with Gasteiger partial charge in [0.05, 0.1) is 50.0 Å². The number of nitrogens with two attached hydrogens (primary N) is 1. The number of carbonyl (C=O) groups is 2. The Morgan fingerprint density at radius 2 is 1.53 bits per heavy atom. The average molecular weight is 632 g/mol. The maximum absolute atomic E-state index is 14.2. The van der Waals surface area contributed by atoms with Crippen LogP contribution in [0.3, 0.4) is 0 Å². The number of amides is 1. The van der Waals surface area contributed by atoms with Gasteiger partial charge < -0.3 is 40.2 Å². The summed E-state index contributed by atoms with van der Waals surface area (Å²) in [5, 5.41) is 23.2. The van der Waals surface area contributed by atoms with Gasteiger partial charge in [-0.2, -0.15) is 0 Å². The van der Waals surface area contributed by atoms with E-state index in [4.69, 9.17) is 24.7 Å². The molecule has 0 aliphatic carbocycles. The molecule has 1 unspecified atom stereocenters. The molecule has 4 aromatic rings. The lowest BCUT2D eigenvalue weighted by Crippen LogP contribution is -2.42. The maximum atomic E-state index is 14.2. The summed E-state index contributed by atoms with van der Waals surface area (Å²) >= 11 is 0.991. The number of phenolic OH excluding ortho intramolecular Hbond substituents is 2. The highest BCUT2D eigenvalue weighted by molar-refractivity contribution is 7.07. The molecule has 1 aromatic heterocycles. The molecular formula is C32H29N3O9S. The molecule has 0 saturated heterocycles. The van der Waals surface area contributed by atoms with E-state index in [1.165, 1.54) is 45.6 Å². The number of fused-ring (bicyclic) bond motifs is 1. The van der Waals surface area contributed by atoms with Gasteiger partial charge in [-0.25, -0.2) is 4.79 Å². The predicted molar refractivity (Wildman–Crippen MR) is 168 cm³/mol. The molecule has 0 spiro atoms. The molecule has 0 bridgehead atoms. The van der Waals surface area contributed by atoms with E-state index < -0.39 is 23.4 Å². The summed E-state index contributed by atoms with van der Waals surface area (Å²) in [7, 11) is 5.45. The second-order valence-electron chi connectivity index (χ2n) is 9.74. The third-order valence-electron chi connectivity index (χ3n) is 7.18. The van der Waals surface area contributed by atoms with Crippen LogP contribution in [0, 0.1) is 0 Å². The van der Waals surface area contributed by atoms with Crippen molar-refractivity contribution in [2.24, 2.45) is 5.73 Å². The second kappa shape index (κ2) is 12.5. The number of nitrogens with zero attached hydrogens (tertiary/aromatic N) is 1. The van der Waals surface area contributed by atoms with E-state index in [2.05, 4.69) is 5.32 Å². The number of aromatic hydroxyl groups is 2. The van der Waals surface area contributed by atoms with Crippen molar-refractivity contribution in [3.8, 4) is 28.7 Å². The zero-order chi connectivity index (χ0) is 32.4. The SMILES string of the molecule is COC(=O)C1=C(N)n2c(s/c(=C/c3ccc(O)c(OC)c3)c2=O)=C(C(=O)Nc2ccc(OC)cc2)C1c1ccc(O)c(OC)c1. The molecule has 45 heavy (non-hydrogen) atoms. The van der Waals surface area contributed by atoms with Crippen molar-refractivity contribution < 1.29 is 38.7 Å². The Hall–Kier alpha value is -5.69. The van der Waals surface area contributed by atoms with Crippen LogP contribution in [0.25, 0.3) is 17.5 Å². The molecular weight excluding hydrogens is 602 g/mol. The number of ether oxygens (including phenoxy) is 4. The third-order valence-corrected chi connectivity index (χ3v) is 8.29. The molecule has 2 heterocycles. The Bertz CT molecular complexity index is 2030. The first kappa shape index (κ1) is 30.8. The lowest BCUT2D eigenvalue weighted by molar-refractivity contribution is -0.136. The molecule has 1 aliphatic rings. The van der Waals surface area contributed by atoms with Crippen LogP contribution in [0.15, 0.2) is 71.0 Å². The largest absolute Gasteiger partial charge is 0.504 e. The summed E-state index contributed by atoms with van der Waals surface area (Å²) < 4.78 is 22.3. The highest BCUT2D eigenvalue weighted by atomic mass is 32.1. The Morgan fingerprint density at radius 3 is 2.16 bits per heavy atom. The summed E-state index contributed by atoms with van der Waals surface area (Å²) in [5.74, 6) is -2.22. The van der Waals surface area contributed by atoms with Crippen molar-refractivity contribution in [2.45, 2.75) is 5.92 Å². The molecule has 0 fully saturated rings. The molecule has 5 N–H and O–H groups in total. The number of benzene rings is 3. The first-order valence-electron chi connectivity index (χ1n) is 13.4. The summed E-state index contributed by atoms with van der Waals surface area (Å²) in [6, 6.07) is 15.6. The number of carbonyl (C=O) groups excluding carboxylic acids is 2. The van der Waals surface area contributed by atoms with Gasteiger partial charge >= 0.3 is 5.97 Å². The van der Waals surface area contributed by atoms with Crippen LogP contribution < -0.4 is 40.0 Å². The molecule has 1 atom stereocenters. The minimum absolute atomic E-state index is 0.0261. The zero-order valence-corrected chi connectivity index (χ0v) is 25.4. The fourth-order valence-corrected chi connectivity index (χ4v) is 6.17. The fourth-order valence-electron chi connectivity index (χ4n) is 4.99. The van der Waals surface area contributed by atoms with E-state index in [1.807, 2.05) is 0 Å². The lowest BCUT2D eigenvalue weighted by atomic mass is 9.82. The van der Waals surface area contributed by atoms with Crippen LogP contribution >= 0.6 is 11.3 Å². The minimum atomic E-state index is -1.13. The number of aromatic nitrogens is 1. The molecule has 5 rings (SSSR count). The first-order valence-corrected chi connectivity index (χ1v) is 14.2. The van der Waals surface area contributed by atoms with Crippen LogP contribution in [0.5, 0.6) is 28.7 Å². The number of methoxy groups -OCH3 is 4. The predicted octanol–water partition coefficient (Wildman–Crippen LogP) is 2.06. The number of phenols is 2. The summed E-state index contributed by atoms with van der Waals surface area (Å²) in [4.78, 5) is 41.4. The van der Waals surface area contributed by atoms with Crippen molar-refractivity contribution in [3.63, 3.8) is 0 Å². The summed E-state index contributed by atoms with van der Waals surface area (Å²) in [6.07, 6.45) is 1.56. The number of rotatable bonds is 8. The van der Waals surface area contributed by atoms with Gasteiger partial charge in [-0.3, -0.25) is 14.2 Å². The van der Waals surface area contributed by atoms with Crippen LogP contribution in [-0.2, 0) is 14.3 Å². The van der Waals surface area contributed by atoms with Gasteiger partial charge in [0.1, 0.15) is 16.2 Å². The van der Waals surface area contributed by atoms with Crippen molar-refractivity contribution in [2.75, 3.05) is 33.8 Å². The third kappa shape index (κ3) is 5.68. The van der Waals surface area contributed by atoms with Crippen LogP contribution in [0.2, 0.25) is 0 Å². The van der Waals surface area contributed by atoms with Gasteiger partial charge in [0.2, 0.25) is 0 Å². The first-order chi connectivity index (χ1) is 21.6. The van der Waals surface area contributed by atoms with Crippen molar-refractivity contribution >= 4 is 46.4 Å². The molecule has 3 aromatic carbocycles. The fraction of sp³-hybridized carbons (Fsp3) is 0.156. The van der Waals surface area contributed by atoms with Gasteiger partial charge in [0.15, 0.2) is 23.0 Å². The van der Waals surface area contributed by atoms with E-state index in [-0.39, 0.29) is 49.2 Å². The minimum Gasteiger partial charge on any atom is -0.504 e. The molecule has 0 radical (unpaired) electrons. The van der Waals surface area contributed by atoms with Crippen LogP contribution in [0.4, 0.5) is 5.69 Å². The van der Waals surface area contributed by atoms with E-state index in [9.17, 15) is 24.6 Å². The summed E-state index contributed by atoms with van der Waals surface area (Å²) in [5.41, 5.74) is 7.16. The zero-order valence-electron chi connectivity index (χ0n) is 24.6. The number of nitrogens with one attached hydrogen (secondary N) is 1. The van der Waals surface area contributed by atoms with Gasteiger partial charge in [-0.1, -0.05) is 12.1 Å². The van der Waals surface area contributed by atoms with E-state index in [0.717, 1.165) is 23.0 Å². The van der Waals surface area contributed by atoms with Crippen molar-refractivity contribution in [3.05, 3.63) is 96.9 Å². The molecule has 0 saturated carbocycles. The monoisotopic (exact) mass is 631 g/mol. The maximum Gasteiger partial charge on any atom is 0.338 e. The molecule has 12 nitrogen and oxygen atoms in total. The Kier molecular flexibility index (Phi) is 8.55. The standard InChI is InChI=1S/C32H29N3O9S/c1-41-19-9-7-18(8-10-19)34-29(38)27-25(17-6-12-21(37)23(15-17)43-3)26(32(40)44-4)28(33)35-30(39)24(45-31(27)35)14-16-5-11-20(36)22(13-16)42-2/h5-15,25,36-37H,33H2,1-4H3,(H,34,38)/b24-14+. The van der Waals surface area contributed by atoms with Gasteiger partial charge in [0.25, 0.3) is 11.5 Å². The molecule has 1 aliphatic heterocycles. The number of hydrogen-bond acceptors (Lipinski definition) is 11. The van der Waals surface area contributed by atoms with E-state index in [1.54, 1.807) is 42.5 Å². The van der Waals surface area contributed by atoms with Gasteiger partial charge in [-0.15, -0.1) is 11.3 Å². The number of esters is 1. The molecule has 232 valence electrons. The second-order valence-corrected chi connectivity index (χ2v) is 10.8. The highest BCUT2D eigenvalue weighted by Crippen LogP contribution is 2.40. The van der Waals surface area contributed by atoms with Crippen molar-refractivity contribution in [1.29, 1.82) is 0 Å². The van der Waals surface area contributed by atoms with Crippen molar-refractivity contribution in [1.82, 2.24) is 4.57 Å². The highest BCUT2D eigenvalue weighted by Gasteiger charge is 2.39. The molecule has 1 amide bonds. The Balaban J connectivity index is 1.83. The number of hydrogen-bond donors (Lipinski definition) is 4. The molecule has 13 heteroatoms. The summed E-state index contributed by atoms with van der Waals surface area (Å²) in [6.45, 7) is 0. The lowest BCUT2D eigenvalue weighted by Gasteiger charge is -2.27. The Morgan fingerprint density at radius 1 is 0.889 bits per heavy atom.